The Balaban J connectivity index is 1.59. The predicted octanol–water partition coefficient (Wildman–Crippen LogP) is 3.84. The average Bonchev–Trinajstić information content (AvgIpc) is 3.19. The summed E-state index contributed by atoms with van der Waals surface area (Å²) in [5.41, 5.74) is 2.84. The zero-order valence-electron chi connectivity index (χ0n) is 17.1. The number of ether oxygens (including phenoxy) is 3. The van der Waals surface area contributed by atoms with Crippen molar-refractivity contribution in [3.8, 4) is 17.2 Å². The number of methoxy groups -OCH3 is 3. The fraction of sp³-hybridized carbons (Fsp3) is 0.227. The molecule has 0 amide bonds. The third-order valence-electron chi connectivity index (χ3n) is 4.81. The number of anilines is 2. The van der Waals surface area contributed by atoms with E-state index in [1.807, 2.05) is 55.1 Å². The number of hydrogen-bond acceptors (Lipinski definition) is 7. The van der Waals surface area contributed by atoms with Gasteiger partial charge >= 0.3 is 0 Å². The van der Waals surface area contributed by atoms with Crippen LogP contribution in [0, 0.1) is 0 Å². The molecule has 0 unspecified atom stereocenters. The second-order valence-electron chi connectivity index (χ2n) is 6.63. The Labute approximate surface area is 174 Å². The van der Waals surface area contributed by atoms with Gasteiger partial charge in [-0.2, -0.15) is 4.98 Å². The molecule has 30 heavy (non-hydrogen) atoms. The van der Waals surface area contributed by atoms with Crippen molar-refractivity contribution in [2.24, 2.45) is 0 Å². The van der Waals surface area contributed by atoms with Gasteiger partial charge in [-0.15, -0.1) is 0 Å². The molecule has 0 aliphatic carbocycles. The summed E-state index contributed by atoms with van der Waals surface area (Å²) in [6.07, 6.45) is 8.36. The minimum Gasteiger partial charge on any atom is -0.493 e. The van der Waals surface area contributed by atoms with Gasteiger partial charge in [-0.1, -0.05) is 0 Å². The van der Waals surface area contributed by atoms with E-state index in [1.54, 1.807) is 21.3 Å². The molecule has 0 spiro atoms. The number of aromatic nitrogens is 4. The van der Waals surface area contributed by atoms with E-state index in [1.165, 1.54) is 5.56 Å². The summed E-state index contributed by atoms with van der Waals surface area (Å²) >= 11 is 0. The van der Waals surface area contributed by atoms with Crippen molar-refractivity contribution in [3.05, 3.63) is 60.7 Å². The molecule has 0 fully saturated rings. The third-order valence-corrected chi connectivity index (χ3v) is 4.81. The van der Waals surface area contributed by atoms with Gasteiger partial charge in [-0.3, -0.25) is 4.98 Å². The summed E-state index contributed by atoms with van der Waals surface area (Å²) in [4.78, 5) is 13.2. The zero-order valence-corrected chi connectivity index (χ0v) is 17.1. The van der Waals surface area contributed by atoms with Gasteiger partial charge in [0.15, 0.2) is 11.5 Å². The number of hydrogen-bond donors (Lipinski definition) is 1. The standard InChI is InChI=1S/C22H23N5O3/c1-28-18-12-17(13-19(29-2)20(18)30-3)25-22-24-14-16-7-11-27(21(16)26-22)10-6-15-4-8-23-9-5-15/h4-5,7-9,11-14H,6,10H2,1-3H3,(H,24,25,26). The number of fused-ring (bicyclic) bond motifs is 1. The molecule has 0 saturated heterocycles. The molecule has 4 aromatic rings. The van der Waals surface area contributed by atoms with Crippen molar-refractivity contribution in [1.29, 1.82) is 0 Å². The number of nitrogens with zero attached hydrogens (tertiary/aromatic N) is 4. The minimum absolute atomic E-state index is 0.487. The lowest BCUT2D eigenvalue weighted by Gasteiger charge is -2.14. The summed E-state index contributed by atoms with van der Waals surface area (Å²) in [5, 5.41) is 4.21. The quantitative estimate of drug-likeness (QED) is 0.477. The fourth-order valence-corrected chi connectivity index (χ4v) is 3.29. The summed E-state index contributed by atoms with van der Waals surface area (Å²) in [6.45, 7) is 0.814. The normalized spacial score (nSPS) is 10.8. The van der Waals surface area contributed by atoms with Gasteiger partial charge in [-0.25, -0.2) is 4.98 Å². The highest BCUT2D eigenvalue weighted by Crippen LogP contribution is 2.40. The highest BCUT2D eigenvalue weighted by atomic mass is 16.5. The van der Waals surface area contributed by atoms with Crippen LogP contribution in [0.25, 0.3) is 11.0 Å². The Bertz CT molecular complexity index is 1120. The molecule has 1 aromatic carbocycles. The Kier molecular flexibility index (Phi) is 5.65. The van der Waals surface area contributed by atoms with E-state index in [9.17, 15) is 0 Å². The van der Waals surface area contributed by atoms with Gasteiger partial charge in [-0.05, 0) is 30.2 Å². The average molecular weight is 405 g/mol. The second kappa shape index (κ2) is 8.69. The van der Waals surface area contributed by atoms with Crippen LogP contribution in [0.2, 0.25) is 0 Å². The van der Waals surface area contributed by atoms with Crippen LogP contribution in [0.5, 0.6) is 17.2 Å². The van der Waals surface area contributed by atoms with E-state index >= 15 is 0 Å². The molecule has 0 aliphatic rings. The minimum atomic E-state index is 0.487. The van der Waals surface area contributed by atoms with Crippen LogP contribution < -0.4 is 19.5 Å². The number of benzene rings is 1. The van der Waals surface area contributed by atoms with E-state index in [2.05, 4.69) is 19.9 Å². The van der Waals surface area contributed by atoms with Crippen LogP contribution in [0.1, 0.15) is 5.56 Å². The Morgan fingerprint density at radius 1 is 0.967 bits per heavy atom. The lowest BCUT2D eigenvalue weighted by Crippen LogP contribution is -2.04. The van der Waals surface area contributed by atoms with Crippen molar-refractivity contribution in [1.82, 2.24) is 19.5 Å². The first-order chi connectivity index (χ1) is 14.7. The first kappa shape index (κ1) is 19.5. The topological polar surface area (TPSA) is 83.3 Å². The number of aryl methyl sites for hydroxylation is 2. The maximum Gasteiger partial charge on any atom is 0.229 e. The largest absolute Gasteiger partial charge is 0.493 e. The first-order valence-corrected chi connectivity index (χ1v) is 9.49. The van der Waals surface area contributed by atoms with Crippen LogP contribution in [0.3, 0.4) is 0 Å². The van der Waals surface area contributed by atoms with E-state index in [0.29, 0.717) is 23.2 Å². The number of nitrogens with one attached hydrogen (secondary N) is 1. The third kappa shape index (κ3) is 3.98. The smallest absolute Gasteiger partial charge is 0.229 e. The number of rotatable bonds is 8. The van der Waals surface area contributed by atoms with Gasteiger partial charge in [0, 0.05) is 54.5 Å². The monoisotopic (exact) mass is 405 g/mol. The molecule has 0 saturated carbocycles. The van der Waals surface area contributed by atoms with E-state index < -0.39 is 0 Å². The molecule has 1 N–H and O–H groups in total. The van der Waals surface area contributed by atoms with Crippen LogP contribution in [0.4, 0.5) is 11.6 Å². The molecule has 3 aromatic heterocycles. The lowest BCUT2D eigenvalue weighted by atomic mass is 10.2. The van der Waals surface area contributed by atoms with Crippen molar-refractivity contribution < 1.29 is 14.2 Å². The van der Waals surface area contributed by atoms with Crippen LogP contribution >= 0.6 is 0 Å². The molecule has 0 bridgehead atoms. The molecule has 0 atom stereocenters. The van der Waals surface area contributed by atoms with E-state index in [4.69, 9.17) is 19.2 Å². The highest BCUT2D eigenvalue weighted by molar-refractivity contribution is 5.77. The summed E-state index contributed by atoms with van der Waals surface area (Å²) in [7, 11) is 4.74. The second-order valence-corrected chi connectivity index (χ2v) is 6.63. The van der Waals surface area contributed by atoms with Gasteiger partial charge in [0.25, 0.3) is 0 Å². The molecule has 0 aliphatic heterocycles. The fourth-order valence-electron chi connectivity index (χ4n) is 3.29. The highest BCUT2D eigenvalue weighted by Gasteiger charge is 2.14. The predicted molar refractivity (Wildman–Crippen MR) is 115 cm³/mol. The molecule has 3 heterocycles. The zero-order chi connectivity index (χ0) is 20.9. The Hall–Kier alpha value is -3.81. The van der Waals surface area contributed by atoms with Crippen molar-refractivity contribution >= 4 is 22.7 Å². The van der Waals surface area contributed by atoms with E-state index in [0.717, 1.165) is 29.7 Å². The van der Waals surface area contributed by atoms with Crippen molar-refractivity contribution in [2.75, 3.05) is 26.6 Å². The van der Waals surface area contributed by atoms with Gasteiger partial charge in [0.2, 0.25) is 11.7 Å². The van der Waals surface area contributed by atoms with Gasteiger partial charge in [0.1, 0.15) is 5.65 Å². The molecule has 4 rings (SSSR count). The molecular weight excluding hydrogens is 382 g/mol. The number of pyridine rings is 1. The summed E-state index contributed by atoms with van der Waals surface area (Å²) in [5.74, 6) is 2.13. The first-order valence-electron chi connectivity index (χ1n) is 9.49. The van der Waals surface area contributed by atoms with Gasteiger partial charge in [0.05, 0.1) is 21.3 Å². The molecule has 154 valence electrons. The SMILES string of the molecule is COc1cc(Nc2ncc3ccn(CCc4ccncc4)c3n2)cc(OC)c1OC. The summed E-state index contributed by atoms with van der Waals surface area (Å²) in [6, 6.07) is 9.70. The lowest BCUT2D eigenvalue weighted by molar-refractivity contribution is 0.324. The Morgan fingerprint density at radius 2 is 1.70 bits per heavy atom. The van der Waals surface area contributed by atoms with Crippen molar-refractivity contribution in [3.63, 3.8) is 0 Å². The molecule has 0 radical (unpaired) electrons. The van der Waals surface area contributed by atoms with Crippen LogP contribution in [-0.4, -0.2) is 40.8 Å². The maximum absolute atomic E-state index is 5.41. The van der Waals surface area contributed by atoms with Crippen molar-refractivity contribution in [2.45, 2.75) is 13.0 Å². The molecule has 8 heteroatoms. The van der Waals surface area contributed by atoms with Crippen LogP contribution in [-0.2, 0) is 13.0 Å². The molecule has 8 nitrogen and oxygen atoms in total. The summed E-state index contributed by atoms with van der Waals surface area (Å²) < 4.78 is 18.3. The maximum atomic E-state index is 5.41. The molecular formula is C22H23N5O3. The Morgan fingerprint density at radius 3 is 2.37 bits per heavy atom. The van der Waals surface area contributed by atoms with Gasteiger partial charge < -0.3 is 24.1 Å². The van der Waals surface area contributed by atoms with Crippen LogP contribution in [0.15, 0.2) is 55.1 Å². The van der Waals surface area contributed by atoms with E-state index in [-0.39, 0.29) is 0 Å².